The molecule has 0 bridgehead atoms. The van der Waals surface area contributed by atoms with Crippen LogP contribution in [0.2, 0.25) is 0 Å². The Morgan fingerprint density at radius 1 is 0.966 bits per heavy atom. The molecule has 2 aromatic carbocycles. The molecule has 0 aliphatic carbocycles. The summed E-state index contributed by atoms with van der Waals surface area (Å²) in [5, 5.41) is 13.3. The molecule has 0 saturated heterocycles. The Morgan fingerprint density at radius 3 is 2.34 bits per heavy atom. The van der Waals surface area contributed by atoms with Crippen molar-refractivity contribution in [2.45, 2.75) is 32.8 Å². The molecule has 7 heteroatoms. The van der Waals surface area contributed by atoms with E-state index in [9.17, 15) is 9.90 Å². The third kappa shape index (κ3) is 6.29. The van der Waals surface area contributed by atoms with Gasteiger partial charge in [0.1, 0.15) is 11.5 Å². The summed E-state index contributed by atoms with van der Waals surface area (Å²) in [5.41, 5.74) is 1.22. The number of methoxy groups -OCH3 is 2. The predicted octanol–water partition coefficient (Wildman–Crippen LogP) is 3.95. The monoisotopic (exact) mass is 403 g/mol. The Labute approximate surface area is 171 Å². The van der Waals surface area contributed by atoms with Gasteiger partial charge in [-0.2, -0.15) is 0 Å². The predicted molar refractivity (Wildman–Crippen MR) is 111 cm³/mol. The van der Waals surface area contributed by atoms with Gasteiger partial charge in [-0.05, 0) is 44.5 Å². The summed E-state index contributed by atoms with van der Waals surface area (Å²) < 4.78 is 21.6. The molecule has 2 rings (SSSR count). The zero-order valence-corrected chi connectivity index (χ0v) is 17.4. The van der Waals surface area contributed by atoms with Crippen LogP contribution in [-0.2, 0) is 4.79 Å². The van der Waals surface area contributed by atoms with E-state index in [-0.39, 0.29) is 18.7 Å². The van der Waals surface area contributed by atoms with E-state index in [0.717, 1.165) is 0 Å². The number of carbonyl (C=O) groups is 1. The lowest BCUT2D eigenvalue weighted by Crippen LogP contribution is -2.13. The lowest BCUT2D eigenvalue weighted by Gasteiger charge is -2.16. The number of nitrogens with one attached hydrogen (secondary N) is 1. The van der Waals surface area contributed by atoms with E-state index in [1.165, 1.54) is 7.11 Å². The van der Waals surface area contributed by atoms with Gasteiger partial charge >= 0.3 is 0 Å². The first-order valence-electron chi connectivity index (χ1n) is 9.61. The van der Waals surface area contributed by atoms with Crippen LogP contribution in [0.3, 0.4) is 0 Å². The molecule has 2 N–H and O–H groups in total. The average molecular weight is 403 g/mol. The standard InChI is InChI=1S/C22H29NO6/c1-5-28-19-11-7-15(13-21(19)29-6-2)23-22(25)12-10-18(24)17-9-8-16(26-3)14-20(17)27-4/h7-9,11,13-14,18,24H,5-6,10,12H2,1-4H3,(H,23,25). The minimum atomic E-state index is -0.832. The minimum Gasteiger partial charge on any atom is -0.497 e. The van der Waals surface area contributed by atoms with Crippen molar-refractivity contribution in [3.05, 3.63) is 42.0 Å². The number of benzene rings is 2. The first-order chi connectivity index (χ1) is 14.0. The van der Waals surface area contributed by atoms with Crippen LogP contribution in [0.15, 0.2) is 36.4 Å². The SMILES string of the molecule is CCOc1ccc(NC(=O)CCC(O)c2ccc(OC)cc2OC)cc1OCC. The van der Waals surface area contributed by atoms with Gasteiger partial charge in [0, 0.05) is 29.8 Å². The molecule has 2 aromatic rings. The number of ether oxygens (including phenoxy) is 4. The summed E-state index contributed by atoms with van der Waals surface area (Å²) in [7, 11) is 3.09. The summed E-state index contributed by atoms with van der Waals surface area (Å²) >= 11 is 0. The maximum Gasteiger partial charge on any atom is 0.224 e. The molecule has 1 atom stereocenters. The Balaban J connectivity index is 1.98. The topological polar surface area (TPSA) is 86.3 Å². The highest BCUT2D eigenvalue weighted by atomic mass is 16.5. The normalized spacial score (nSPS) is 11.5. The first-order valence-corrected chi connectivity index (χ1v) is 9.61. The minimum absolute atomic E-state index is 0.146. The fourth-order valence-corrected chi connectivity index (χ4v) is 2.87. The highest BCUT2D eigenvalue weighted by molar-refractivity contribution is 5.91. The summed E-state index contributed by atoms with van der Waals surface area (Å²) in [5.74, 6) is 2.16. The summed E-state index contributed by atoms with van der Waals surface area (Å²) in [6.07, 6.45) is -0.432. The number of aliphatic hydroxyl groups excluding tert-OH is 1. The lowest BCUT2D eigenvalue weighted by atomic mass is 10.0. The van der Waals surface area contributed by atoms with Crippen LogP contribution in [0, 0.1) is 0 Å². The molecule has 0 heterocycles. The second-order valence-electron chi connectivity index (χ2n) is 6.24. The van der Waals surface area contributed by atoms with Crippen molar-refractivity contribution >= 4 is 11.6 Å². The van der Waals surface area contributed by atoms with Crippen LogP contribution in [0.5, 0.6) is 23.0 Å². The van der Waals surface area contributed by atoms with Crippen LogP contribution in [-0.4, -0.2) is 38.4 Å². The van der Waals surface area contributed by atoms with Gasteiger partial charge in [0.15, 0.2) is 11.5 Å². The van der Waals surface area contributed by atoms with Gasteiger partial charge in [-0.25, -0.2) is 0 Å². The van der Waals surface area contributed by atoms with Gasteiger partial charge in [0.2, 0.25) is 5.91 Å². The summed E-state index contributed by atoms with van der Waals surface area (Å²) in [6, 6.07) is 10.4. The van der Waals surface area contributed by atoms with E-state index in [1.807, 2.05) is 13.8 Å². The molecule has 1 unspecified atom stereocenters. The third-order valence-corrected chi connectivity index (χ3v) is 4.27. The van der Waals surface area contributed by atoms with Crippen LogP contribution in [0.4, 0.5) is 5.69 Å². The number of anilines is 1. The van der Waals surface area contributed by atoms with E-state index < -0.39 is 6.10 Å². The number of hydrogen-bond donors (Lipinski definition) is 2. The van der Waals surface area contributed by atoms with E-state index in [4.69, 9.17) is 18.9 Å². The van der Waals surface area contributed by atoms with Gasteiger partial charge in [-0.15, -0.1) is 0 Å². The molecule has 0 fully saturated rings. The number of hydrogen-bond acceptors (Lipinski definition) is 6. The number of carbonyl (C=O) groups excluding carboxylic acids is 1. The van der Waals surface area contributed by atoms with Crippen molar-refractivity contribution in [1.29, 1.82) is 0 Å². The molecule has 1 amide bonds. The highest BCUT2D eigenvalue weighted by Gasteiger charge is 2.16. The van der Waals surface area contributed by atoms with Crippen molar-refractivity contribution in [3.63, 3.8) is 0 Å². The molecular formula is C22H29NO6. The van der Waals surface area contributed by atoms with Crippen LogP contribution >= 0.6 is 0 Å². The van der Waals surface area contributed by atoms with Gasteiger partial charge in [0.25, 0.3) is 0 Å². The van der Waals surface area contributed by atoms with Crippen molar-refractivity contribution < 1.29 is 28.8 Å². The summed E-state index contributed by atoms with van der Waals surface area (Å²) in [6.45, 7) is 4.80. The fraction of sp³-hybridized carbons (Fsp3) is 0.409. The Bertz CT molecular complexity index is 808. The van der Waals surface area contributed by atoms with E-state index in [1.54, 1.807) is 43.5 Å². The fourth-order valence-electron chi connectivity index (χ4n) is 2.87. The Hall–Kier alpha value is -2.93. The quantitative estimate of drug-likeness (QED) is 0.591. The lowest BCUT2D eigenvalue weighted by molar-refractivity contribution is -0.116. The van der Waals surface area contributed by atoms with Gasteiger partial charge in [-0.1, -0.05) is 0 Å². The van der Waals surface area contributed by atoms with Crippen LogP contribution in [0.25, 0.3) is 0 Å². The summed E-state index contributed by atoms with van der Waals surface area (Å²) in [4.78, 5) is 12.3. The van der Waals surface area contributed by atoms with E-state index >= 15 is 0 Å². The zero-order chi connectivity index (χ0) is 21.2. The molecule has 0 radical (unpaired) electrons. The smallest absolute Gasteiger partial charge is 0.224 e. The number of rotatable bonds is 11. The van der Waals surface area contributed by atoms with E-state index in [2.05, 4.69) is 5.32 Å². The first kappa shape index (κ1) is 22.4. The number of amides is 1. The molecule has 0 aliphatic rings. The van der Waals surface area contributed by atoms with Gasteiger partial charge in [-0.3, -0.25) is 4.79 Å². The maximum absolute atomic E-state index is 12.3. The molecule has 0 aromatic heterocycles. The van der Waals surface area contributed by atoms with Crippen molar-refractivity contribution in [2.24, 2.45) is 0 Å². The molecule has 0 saturated carbocycles. The van der Waals surface area contributed by atoms with E-state index in [0.29, 0.717) is 47.5 Å². The molecule has 158 valence electrons. The largest absolute Gasteiger partial charge is 0.497 e. The van der Waals surface area contributed by atoms with Crippen molar-refractivity contribution in [2.75, 3.05) is 32.8 Å². The Morgan fingerprint density at radius 2 is 1.69 bits per heavy atom. The van der Waals surface area contributed by atoms with Gasteiger partial charge in [0.05, 0.1) is 33.5 Å². The van der Waals surface area contributed by atoms with Crippen LogP contribution < -0.4 is 24.3 Å². The molecular weight excluding hydrogens is 374 g/mol. The zero-order valence-electron chi connectivity index (χ0n) is 17.4. The van der Waals surface area contributed by atoms with Crippen molar-refractivity contribution in [1.82, 2.24) is 0 Å². The van der Waals surface area contributed by atoms with Gasteiger partial charge < -0.3 is 29.4 Å². The van der Waals surface area contributed by atoms with Crippen molar-refractivity contribution in [3.8, 4) is 23.0 Å². The highest BCUT2D eigenvalue weighted by Crippen LogP contribution is 2.32. The Kier molecular flexibility index (Phi) is 8.61. The molecule has 29 heavy (non-hydrogen) atoms. The van der Waals surface area contributed by atoms with Crippen LogP contribution in [0.1, 0.15) is 38.4 Å². The third-order valence-electron chi connectivity index (χ3n) is 4.27. The second-order valence-corrected chi connectivity index (χ2v) is 6.24. The second kappa shape index (κ2) is 11.2. The molecule has 0 spiro atoms. The maximum atomic E-state index is 12.3. The number of aliphatic hydroxyl groups is 1. The average Bonchev–Trinajstić information content (AvgIpc) is 2.73. The molecule has 7 nitrogen and oxygen atoms in total. The molecule has 0 aliphatic heterocycles.